The molecule has 0 aliphatic rings. The molecule has 2 rings (SSSR count). The molecule has 0 saturated carbocycles. The molecule has 5 heteroatoms. The zero-order chi connectivity index (χ0) is 12.8. The van der Waals surface area contributed by atoms with Gasteiger partial charge in [-0.05, 0) is 26.0 Å². The van der Waals surface area contributed by atoms with Gasteiger partial charge in [-0.15, -0.1) is 0 Å². The number of fused-ring (bicyclic) bond motifs is 1. The average molecular weight is 244 g/mol. The van der Waals surface area contributed by atoms with E-state index in [9.17, 15) is 18.3 Å². The van der Waals surface area contributed by atoms with E-state index in [0.29, 0.717) is 0 Å². The molecule has 0 saturated heterocycles. The van der Waals surface area contributed by atoms with Crippen molar-refractivity contribution in [3.8, 4) is 0 Å². The summed E-state index contributed by atoms with van der Waals surface area (Å²) in [6, 6.07) is 3.70. The van der Waals surface area contributed by atoms with Gasteiger partial charge in [0.05, 0.1) is 17.4 Å². The average Bonchev–Trinajstić information content (AvgIpc) is 2.57. The van der Waals surface area contributed by atoms with Crippen LogP contribution in [0.25, 0.3) is 11.0 Å². The van der Waals surface area contributed by atoms with Crippen molar-refractivity contribution in [2.45, 2.75) is 25.6 Å². The van der Waals surface area contributed by atoms with Crippen molar-refractivity contribution in [2.24, 2.45) is 0 Å². The van der Waals surface area contributed by atoms with Gasteiger partial charge >= 0.3 is 6.18 Å². The first-order chi connectivity index (χ1) is 7.71. The van der Waals surface area contributed by atoms with Gasteiger partial charge in [-0.3, -0.25) is 0 Å². The molecule has 0 radical (unpaired) electrons. The molecule has 0 aliphatic heterocycles. The van der Waals surface area contributed by atoms with E-state index in [2.05, 4.69) is 0 Å². The van der Waals surface area contributed by atoms with Crippen LogP contribution >= 0.6 is 0 Å². The summed E-state index contributed by atoms with van der Waals surface area (Å²) >= 11 is 0. The van der Waals surface area contributed by atoms with Crippen molar-refractivity contribution in [2.75, 3.05) is 0 Å². The fourth-order valence-electron chi connectivity index (χ4n) is 1.77. The Morgan fingerprint density at radius 3 is 2.29 bits per heavy atom. The fraction of sp³-hybridized carbons (Fsp3) is 0.333. The summed E-state index contributed by atoms with van der Waals surface area (Å²) in [6.07, 6.45) is -3.30. The Balaban J connectivity index is 2.82. The van der Waals surface area contributed by atoms with Crippen molar-refractivity contribution >= 4 is 11.0 Å². The second kappa shape index (κ2) is 3.50. The maximum atomic E-state index is 12.8. The van der Waals surface area contributed by atoms with Crippen molar-refractivity contribution in [1.82, 2.24) is 0 Å². The normalized spacial score (nSPS) is 13.3. The fourth-order valence-corrected chi connectivity index (χ4v) is 1.77. The lowest BCUT2D eigenvalue weighted by Gasteiger charge is -2.17. The number of furan rings is 1. The monoisotopic (exact) mass is 244 g/mol. The summed E-state index contributed by atoms with van der Waals surface area (Å²) in [7, 11) is 0. The molecule has 1 aromatic heterocycles. The summed E-state index contributed by atoms with van der Waals surface area (Å²) < 4.78 is 43.6. The van der Waals surface area contributed by atoms with Gasteiger partial charge in [-0.2, -0.15) is 13.2 Å². The van der Waals surface area contributed by atoms with Crippen molar-refractivity contribution in [1.29, 1.82) is 0 Å². The highest BCUT2D eigenvalue weighted by molar-refractivity contribution is 5.86. The zero-order valence-electron chi connectivity index (χ0n) is 9.30. The van der Waals surface area contributed by atoms with Crippen LogP contribution in [0.3, 0.4) is 0 Å². The lowest BCUT2D eigenvalue weighted by molar-refractivity contribution is -0.136. The lowest BCUT2D eigenvalue weighted by atomic mass is 9.95. The number of rotatable bonds is 1. The van der Waals surface area contributed by atoms with E-state index in [1.54, 1.807) is 0 Å². The van der Waals surface area contributed by atoms with Gasteiger partial charge in [0.25, 0.3) is 0 Å². The predicted octanol–water partition coefficient (Wildman–Crippen LogP) is 3.68. The van der Waals surface area contributed by atoms with Crippen LogP contribution in [0.5, 0.6) is 0 Å². The lowest BCUT2D eigenvalue weighted by Crippen LogP contribution is -2.16. The molecule has 17 heavy (non-hydrogen) atoms. The highest BCUT2D eigenvalue weighted by Crippen LogP contribution is 2.39. The third-order valence-electron chi connectivity index (χ3n) is 2.56. The molecule has 1 N–H and O–H groups in total. The van der Waals surface area contributed by atoms with E-state index in [0.717, 1.165) is 6.07 Å². The summed E-state index contributed by atoms with van der Waals surface area (Å²) in [5, 5.41) is 9.76. The van der Waals surface area contributed by atoms with E-state index >= 15 is 0 Å². The number of benzene rings is 1. The van der Waals surface area contributed by atoms with E-state index in [1.807, 2.05) is 0 Å². The van der Waals surface area contributed by atoms with Gasteiger partial charge in [0, 0.05) is 10.9 Å². The van der Waals surface area contributed by atoms with Crippen LogP contribution < -0.4 is 0 Å². The highest BCUT2D eigenvalue weighted by atomic mass is 19.4. The van der Waals surface area contributed by atoms with Gasteiger partial charge in [-0.25, -0.2) is 0 Å². The molecule has 0 unspecified atom stereocenters. The highest BCUT2D eigenvalue weighted by Gasteiger charge is 2.36. The first-order valence-electron chi connectivity index (χ1n) is 5.01. The van der Waals surface area contributed by atoms with E-state index in [4.69, 9.17) is 4.42 Å². The quantitative estimate of drug-likeness (QED) is 0.830. The van der Waals surface area contributed by atoms with Gasteiger partial charge in [0.1, 0.15) is 5.58 Å². The van der Waals surface area contributed by atoms with Gasteiger partial charge in [-0.1, -0.05) is 6.07 Å². The Kier molecular flexibility index (Phi) is 2.47. The minimum Gasteiger partial charge on any atom is -0.464 e. The molecule has 2 aromatic rings. The Morgan fingerprint density at radius 2 is 1.76 bits per heavy atom. The van der Waals surface area contributed by atoms with Crippen LogP contribution in [0.2, 0.25) is 0 Å². The molecule has 0 fully saturated rings. The van der Waals surface area contributed by atoms with Crippen LogP contribution in [0.4, 0.5) is 13.2 Å². The molecule has 0 bridgehead atoms. The molecule has 2 nitrogen and oxygen atoms in total. The Labute approximate surface area is 95.7 Å². The minimum atomic E-state index is -4.47. The summed E-state index contributed by atoms with van der Waals surface area (Å²) in [5.74, 6) is 0. The second-order valence-corrected chi connectivity index (χ2v) is 4.38. The van der Waals surface area contributed by atoms with Crippen molar-refractivity contribution in [3.05, 3.63) is 35.6 Å². The van der Waals surface area contributed by atoms with Crippen molar-refractivity contribution < 1.29 is 22.7 Å². The van der Waals surface area contributed by atoms with Crippen LogP contribution in [-0.2, 0) is 11.8 Å². The minimum absolute atomic E-state index is 0.0764. The SMILES string of the molecule is CC(C)(O)c1coc2cccc(C(F)(F)F)c12. The van der Waals surface area contributed by atoms with E-state index < -0.39 is 17.3 Å². The Morgan fingerprint density at radius 1 is 1.12 bits per heavy atom. The number of hydrogen-bond donors (Lipinski definition) is 1. The summed E-state index contributed by atoms with van der Waals surface area (Å²) in [5.41, 5.74) is -1.91. The molecular formula is C12H11F3O2. The zero-order valence-corrected chi connectivity index (χ0v) is 9.30. The van der Waals surface area contributed by atoms with Gasteiger partial charge in [0.15, 0.2) is 0 Å². The standard InChI is InChI=1S/C12H11F3O2/c1-11(2,16)8-6-17-9-5-3-4-7(10(8)9)12(13,14)15/h3-6,16H,1-2H3. The maximum absolute atomic E-state index is 12.8. The topological polar surface area (TPSA) is 33.4 Å². The summed E-state index contributed by atoms with van der Waals surface area (Å²) in [4.78, 5) is 0. The molecule has 1 aromatic carbocycles. The number of hydrogen-bond acceptors (Lipinski definition) is 2. The van der Waals surface area contributed by atoms with Crippen LogP contribution in [0.1, 0.15) is 25.0 Å². The first kappa shape index (κ1) is 12.0. The first-order valence-corrected chi connectivity index (χ1v) is 5.01. The van der Waals surface area contributed by atoms with Gasteiger partial charge < -0.3 is 9.52 Å². The molecule has 0 aliphatic carbocycles. The maximum Gasteiger partial charge on any atom is 0.417 e. The molecule has 0 spiro atoms. The Bertz CT molecular complexity index is 547. The van der Waals surface area contributed by atoms with Crippen molar-refractivity contribution in [3.63, 3.8) is 0 Å². The van der Waals surface area contributed by atoms with Crippen LogP contribution in [0.15, 0.2) is 28.9 Å². The molecule has 0 amide bonds. The molecule has 1 heterocycles. The van der Waals surface area contributed by atoms with Gasteiger partial charge in [0.2, 0.25) is 0 Å². The molecular weight excluding hydrogens is 233 g/mol. The third kappa shape index (κ3) is 2.02. The van der Waals surface area contributed by atoms with Crippen LogP contribution in [0, 0.1) is 0 Å². The smallest absolute Gasteiger partial charge is 0.417 e. The van der Waals surface area contributed by atoms with Crippen LogP contribution in [-0.4, -0.2) is 5.11 Å². The Hall–Kier alpha value is -1.49. The third-order valence-corrected chi connectivity index (χ3v) is 2.56. The summed E-state index contributed by atoms with van der Waals surface area (Å²) in [6.45, 7) is 2.84. The largest absolute Gasteiger partial charge is 0.464 e. The van der Waals surface area contributed by atoms with E-state index in [-0.39, 0.29) is 16.5 Å². The molecule has 92 valence electrons. The second-order valence-electron chi connectivity index (χ2n) is 4.38. The number of alkyl halides is 3. The molecule has 0 atom stereocenters. The van der Waals surface area contributed by atoms with E-state index in [1.165, 1.54) is 32.2 Å². The predicted molar refractivity (Wildman–Crippen MR) is 56.5 cm³/mol. The number of aliphatic hydroxyl groups is 1. The number of halogens is 3.